The Bertz CT molecular complexity index is 769. The topological polar surface area (TPSA) is 78.1 Å². The number of halogens is 1. The van der Waals surface area contributed by atoms with Gasteiger partial charge >= 0.3 is 0 Å². The van der Waals surface area contributed by atoms with Gasteiger partial charge in [0.1, 0.15) is 11.9 Å². The quantitative estimate of drug-likeness (QED) is 0.907. The first-order valence-electron chi connectivity index (χ1n) is 7.85. The van der Waals surface area contributed by atoms with Crippen molar-refractivity contribution in [3.05, 3.63) is 35.8 Å². The standard InChI is InChI=1S/C17H19FN4O2/c1-10-15(11-6-8-12(18)9-7-11)16(21-20-10)19-17(24)13-4-3-5-14(23)22(13)2/h6-9,13H,3-5H2,1-2H3,(H2,19,20,21,24). The molecule has 1 unspecified atom stereocenters. The lowest BCUT2D eigenvalue weighted by atomic mass is 10.0. The summed E-state index contributed by atoms with van der Waals surface area (Å²) in [6.45, 7) is 1.83. The molecule has 0 aliphatic carbocycles. The van der Waals surface area contributed by atoms with E-state index in [-0.39, 0.29) is 17.6 Å². The molecular formula is C17H19FN4O2. The molecule has 0 radical (unpaired) electrons. The van der Waals surface area contributed by atoms with Crippen molar-refractivity contribution in [3.63, 3.8) is 0 Å². The molecule has 1 fully saturated rings. The van der Waals surface area contributed by atoms with Crippen LogP contribution in [-0.4, -0.2) is 40.0 Å². The highest BCUT2D eigenvalue weighted by atomic mass is 19.1. The van der Waals surface area contributed by atoms with Crippen LogP contribution in [0.5, 0.6) is 0 Å². The van der Waals surface area contributed by atoms with Crippen molar-refractivity contribution in [1.82, 2.24) is 15.1 Å². The summed E-state index contributed by atoms with van der Waals surface area (Å²) in [7, 11) is 1.64. The molecule has 126 valence electrons. The van der Waals surface area contributed by atoms with E-state index in [1.807, 2.05) is 6.92 Å². The van der Waals surface area contributed by atoms with E-state index in [1.54, 1.807) is 19.2 Å². The second kappa shape index (κ2) is 6.43. The van der Waals surface area contributed by atoms with Crippen LogP contribution in [0.25, 0.3) is 11.1 Å². The van der Waals surface area contributed by atoms with Gasteiger partial charge in [0.2, 0.25) is 11.8 Å². The Morgan fingerprint density at radius 3 is 2.79 bits per heavy atom. The average Bonchev–Trinajstić information content (AvgIpc) is 2.91. The van der Waals surface area contributed by atoms with E-state index in [0.29, 0.717) is 30.6 Å². The molecule has 1 saturated heterocycles. The number of nitrogens with one attached hydrogen (secondary N) is 2. The largest absolute Gasteiger partial charge is 0.334 e. The Balaban J connectivity index is 1.84. The zero-order chi connectivity index (χ0) is 17.3. The molecule has 2 aromatic rings. The maximum absolute atomic E-state index is 13.1. The molecule has 1 atom stereocenters. The zero-order valence-electron chi connectivity index (χ0n) is 13.6. The molecule has 2 heterocycles. The Morgan fingerprint density at radius 1 is 1.38 bits per heavy atom. The van der Waals surface area contributed by atoms with Crippen molar-refractivity contribution >= 4 is 17.6 Å². The number of carbonyl (C=O) groups is 2. The van der Waals surface area contributed by atoms with Gasteiger partial charge in [-0.2, -0.15) is 5.10 Å². The minimum absolute atomic E-state index is 0.0293. The first kappa shape index (κ1) is 16.2. The van der Waals surface area contributed by atoms with Gasteiger partial charge in [-0.05, 0) is 37.5 Å². The number of hydrogen-bond donors (Lipinski definition) is 2. The molecule has 3 rings (SSSR count). The summed E-state index contributed by atoms with van der Waals surface area (Å²) in [6.07, 6.45) is 1.80. The minimum Gasteiger partial charge on any atom is -0.334 e. The van der Waals surface area contributed by atoms with Gasteiger partial charge in [-0.3, -0.25) is 14.7 Å². The number of anilines is 1. The van der Waals surface area contributed by atoms with E-state index < -0.39 is 6.04 Å². The number of benzene rings is 1. The summed E-state index contributed by atoms with van der Waals surface area (Å²) in [5, 5.41) is 9.78. The maximum Gasteiger partial charge on any atom is 0.248 e. The molecular weight excluding hydrogens is 311 g/mol. The lowest BCUT2D eigenvalue weighted by Crippen LogP contribution is -2.47. The van der Waals surface area contributed by atoms with Crippen LogP contribution in [0.2, 0.25) is 0 Å². The fourth-order valence-electron chi connectivity index (χ4n) is 2.99. The van der Waals surface area contributed by atoms with Crippen molar-refractivity contribution < 1.29 is 14.0 Å². The molecule has 1 aromatic heterocycles. The molecule has 2 N–H and O–H groups in total. The predicted molar refractivity (Wildman–Crippen MR) is 87.8 cm³/mol. The van der Waals surface area contributed by atoms with Gasteiger partial charge in [-0.25, -0.2) is 4.39 Å². The van der Waals surface area contributed by atoms with Crippen LogP contribution in [0.4, 0.5) is 10.2 Å². The second-order valence-electron chi connectivity index (χ2n) is 5.98. The molecule has 1 aliphatic rings. The Kier molecular flexibility index (Phi) is 4.33. The number of aromatic nitrogens is 2. The number of rotatable bonds is 3. The normalized spacial score (nSPS) is 17.9. The van der Waals surface area contributed by atoms with E-state index >= 15 is 0 Å². The number of hydrogen-bond acceptors (Lipinski definition) is 3. The van der Waals surface area contributed by atoms with Crippen molar-refractivity contribution in [2.24, 2.45) is 0 Å². The summed E-state index contributed by atoms with van der Waals surface area (Å²) in [4.78, 5) is 25.8. The van der Waals surface area contributed by atoms with Crippen LogP contribution in [0.3, 0.4) is 0 Å². The Morgan fingerprint density at radius 2 is 2.08 bits per heavy atom. The second-order valence-corrected chi connectivity index (χ2v) is 5.98. The van der Waals surface area contributed by atoms with Crippen molar-refractivity contribution in [2.45, 2.75) is 32.2 Å². The number of likely N-dealkylation sites (N-methyl/N-ethyl adjacent to an activating group) is 1. The van der Waals surface area contributed by atoms with E-state index in [9.17, 15) is 14.0 Å². The molecule has 24 heavy (non-hydrogen) atoms. The van der Waals surface area contributed by atoms with Crippen LogP contribution in [0.1, 0.15) is 25.0 Å². The van der Waals surface area contributed by atoms with Crippen LogP contribution >= 0.6 is 0 Å². The van der Waals surface area contributed by atoms with Gasteiger partial charge in [0, 0.05) is 24.7 Å². The third-order valence-electron chi connectivity index (χ3n) is 4.35. The fraction of sp³-hybridized carbons (Fsp3) is 0.353. The van der Waals surface area contributed by atoms with E-state index in [2.05, 4.69) is 15.5 Å². The van der Waals surface area contributed by atoms with Crippen LogP contribution in [0.15, 0.2) is 24.3 Å². The summed E-state index contributed by atoms with van der Waals surface area (Å²) < 4.78 is 13.1. The highest BCUT2D eigenvalue weighted by Crippen LogP contribution is 2.30. The van der Waals surface area contributed by atoms with Gasteiger partial charge in [0.25, 0.3) is 0 Å². The van der Waals surface area contributed by atoms with Crippen LogP contribution < -0.4 is 5.32 Å². The molecule has 0 saturated carbocycles. The molecule has 2 amide bonds. The van der Waals surface area contributed by atoms with Gasteiger partial charge in [0.15, 0.2) is 5.82 Å². The molecule has 0 bridgehead atoms. The lowest BCUT2D eigenvalue weighted by molar-refractivity contribution is -0.140. The summed E-state index contributed by atoms with van der Waals surface area (Å²) in [5.41, 5.74) is 2.24. The Hall–Kier alpha value is -2.70. The van der Waals surface area contributed by atoms with Crippen LogP contribution in [-0.2, 0) is 9.59 Å². The van der Waals surface area contributed by atoms with E-state index in [4.69, 9.17) is 0 Å². The van der Waals surface area contributed by atoms with Crippen LogP contribution in [0, 0.1) is 12.7 Å². The van der Waals surface area contributed by atoms with Crippen molar-refractivity contribution in [3.8, 4) is 11.1 Å². The maximum atomic E-state index is 13.1. The molecule has 7 heteroatoms. The third kappa shape index (κ3) is 3.02. The van der Waals surface area contributed by atoms with Gasteiger partial charge in [-0.15, -0.1) is 0 Å². The first-order chi connectivity index (χ1) is 11.5. The van der Waals surface area contributed by atoms with Gasteiger partial charge in [-0.1, -0.05) is 12.1 Å². The average molecular weight is 330 g/mol. The number of aryl methyl sites for hydroxylation is 1. The van der Waals surface area contributed by atoms with Gasteiger partial charge in [0.05, 0.1) is 0 Å². The number of piperidine rings is 1. The van der Waals surface area contributed by atoms with E-state index in [0.717, 1.165) is 11.3 Å². The minimum atomic E-state index is -0.496. The van der Waals surface area contributed by atoms with E-state index in [1.165, 1.54) is 17.0 Å². The molecule has 1 aliphatic heterocycles. The third-order valence-corrected chi connectivity index (χ3v) is 4.35. The number of H-pyrrole nitrogens is 1. The number of aromatic amines is 1. The zero-order valence-corrected chi connectivity index (χ0v) is 13.6. The highest BCUT2D eigenvalue weighted by Gasteiger charge is 2.31. The monoisotopic (exact) mass is 330 g/mol. The van der Waals surface area contributed by atoms with Crippen molar-refractivity contribution in [1.29, 1.82) is 0 Å². The molecule has 1 aromatic carbocycles. The number of carbonyl (C=O) groups excluding carboxylic acids is 2. The summed E-state index contributed by atoms with van der Waals surface area (Å²) in [5.74, 6) is -0.234. The smallest absolute Gasteiger partial charge is 0.248 e. The summed E-state index contributed by atoms with van der Waals surface area (Å²) in [6, 6.07) is 5.50. The fourth-order valence-corrected chi connectivity index (χ4v) is 2.99. The number of amides is 2. The van der Waals surface area contributed by atoms with Crippen molar-refractivity contribution in [2.75, 3.05) is 12.4 Å². The number of nitrogens with zero attached hydrogens (tertiary/aromatic N) is 2. The molecule has 0 spiro atoms. The SMILES string of the molecule is Cc1[nH]nc(NC(=O)C2CCCC(=O)N2C)c1-c1ccc(F)cc1. The Labute approximate surface area is 139 Å². The number of likely N-dealkylation sites (tertiary alicyclic amines) is 1. The predicted octanol–water partition coefficient (Wildman–Crippen LogP) is 2.47. The molecule has 6 nitrogen and oxygen atoms in total. The highest BCUT2D eigenvalue weighted by molar-refractivity contribution is 5.99. The lowest BCUT2D eigenvalue weighted by Gasteiger charge is -2.31. The van der Waals surface area contributed by atoms with Gasteiger partial charge < -0.3 is 10.2 Å². The summed E-state index contributed by atoms with van der Waals surface area (Å²) >= 11 is 0. The first-order valence-corrected chi connectivity index (χ1v) is 7.85.